The zero-order valence-electron chi connectivity index (χ0n) is 15.3. The van der Waals surface area contributed by atoms with Gasteiger partial charge in [-0.15, -0.1) is 11.8 Å². The average Bonchev–Trinajstić information content (AvgIpc) is 3.16. The summed E-state index contributed by atoms with van der Waals surface area (Å²) in [6.07, 6.45) is 1.94. The third kappa shape index (κ3) is 4.77. The van der Waals surface area contributed by atoms with Crippen LogP contribution in [0.4, 0.5) is 0 Å². The van der Waals surface area contributed by atoms with Crippen molar-refractivity contribution in [1.29, 1.82) is 0 Å². The highest BCUT2D eigenvalue weighted by Gasteiger charge is 2.16. The number of nitrogens with one attached hydrogen (secondary N) is 1. The van der Waals surface area contributed by atoms with Gasteiger partial charge in [0, 0.05) is 10.5 Å². The molecule has 0 bridgehead atoms. The van der Waals surface area contributed by atoms with E-state index in [4.69, 9.17) is 4.52 Å². The lowest BCUT2D eigenvalue weighted by molar-refractivity contribution is 0.376. The molecule has 0 radical (unpaired) electrons. The number of nitrogens with zero attached hydrogens (tertiary/aromatic N) is 2. The molecule has 0 unspecified atom stereocenters. The fourth-order valence-electron chi connectivity index (χ4n) is 2.46. The van der Waals surface area contributed by atoms with E-state index in [1.165, 1.54) is 5.56 Å². The number of aromatic nitrogens is 2. The number of hydrogen-bond donors (Lipinski definition) is 1. The van der Waals surface area contributed by atoms with Crippen molar-refractivity contribution in [1.82, 2.24) is 14.9 Å². The normalized spacial score (nSPS) is 11.9. The minimum absolute atomic E-state index is 0.0658. The molecule has 0 aliphatic heterocycles. The fraction of sp³-hybridized carbons (Fsp3) is 0.263. The summed E-state index contributed by atoms with van der Waals surface area (Å²) < 4.78 is 32.4. The Bertz CT molecular complexity index is 995. The minimum Gasteiger partial charge on any atom is -0.338 e. The first kappa shape index (κ1) is 19.6. The van der Waals surface area contributed by atoms with Crippen LogP contribution in [-0.2, 0) is 16.6 Å². The third-order valence-electron chi connectivity index (χ3n) is 4.09. The van der Waals surface area contributed by atoms with Gasteiger partial charge in [-0.05, 0) is 42.0 Å². The first-order chi connectivity index (χ1) is 12.9. The Labute approximate surface area is 163 Å². The van der Waals surface area contributed by atoms with Crippen molar-refractivity contribution >= 4 is 21.8 Å². The Hall–Kier alpha value is -2.16. The molecule has 0 saturated carbocycles. The average molecular weight is 404 g/mol. The van der Waals surface area contributed by atoms with E-state index in [1.807, 2.05) is 30.5 Å². The number of benzene rings is 2. The van der Waals surface area contributed by atoms with Gasteiger partial charge >= 0.3 is 0 Å². The molecule has 0 fully saturated rings. The molecule has 0 aliphatic carbocycles. The largest absolute Gasteiger partial charge is 0.338 e. The van der Waals surface area contributed by atoms with E-state index in [-0.39, 0.29) is 17.3 Å². The fourth-order valence-corrected chi connectivity index (χ4v) is 3.84. The van der Waals surface area contributed by atoms with Crippen molar-refractivity contribution in [3.8, 4) is 11.4 Å². The number of thioether (sulfide) groups is 1. The highest BCUT2D eigenvalue weighted by atomic mass is 32.2. The lowest BCUT2D eigenvalue weighted by Gasteiger charge is -2.05. The van der Waals surface area contributed by atoms with Crippen molar-refractivity contribution in [3.05, 3.63) is 60.0 Å². The second-order valence-corrected chi connectivity index (χ2v) is 8.94. The first-order valence-electron chi connectivity index (χ1n) is 8.45. The van der Waals surface area contributed by atoms with Gasteiger partial charge in [-0.25, -0.2) is 13.1 Å². The van der Waals surface area contributed by atoms with E-state index < -0.39 is 10.0 Å². The lowest BCUT2D eigenvalue weighted by atomic mass is 10.0. The van der Waals surface area contributed by atoms with E-state index in [9.17, 15) is 8.42 Å². The zero-order chi connectivity index (χ0) is 19.4. The summed E-state index contributed by atoms with van der Waals surface area (Å²) in [6, 6.07) is 14.6. The molecule has 142 valence electrons. The SMILES string of the molecule is CSc1ccc(S(=O)(=O)NCc2nc(-c3ccc(C(C)C)cc3)no2)cc1. The summed E-state index contributed by atoms with van der Waals surface area (Å²) >= 11 is 1.55. The van der Waals surface area contributed by atoms with Crippen LogP contribution in [0.15, 0.2) is 62.8 Å². The van der Waals surface area contributed by atoms with Crippen LogP contribution in [-0.4, -0.2) is 24.8 Å². The summed E-state index contributed by atoms with van der Waals surface area (Å²) in [5.74, 6) is 1.09. The Morgan fingerprint density at radius 2 is 1.74 bits per heavy atom. The van der Waals surface area contributed by atoms with Gasteiger partial charge in [-0.2, -0.15) is 4.98 Å². The molecule has 1 aromatic heterocycles. The number of rotatable bonds is 7. The van der Waals surface area contributed by atoms with Gasteiger partial charge in [0.1, 0.15) is 0 Å². The quantitative estimate of drug-likeness (QED) is 0.599. The van der Waals surface area contributed by atoms with Gasteiger partial charge in [0.2, 0.25) is 21.7 Å². The van der Waals surface area contributed by atoms with Crippen molar-refractivity contribution in [2.75, 3.05) is 6.26 Å². The molecule has 0 atom stereocenters. The van der Waals surface area contributed by atoms with Gasteiger partial charge in [0.05, 0.1) is 11.4 Å². The van der Waals surface area contributed by atoms with Gasteiger partial charge < -0.3 is 4.52 Å². The number of sulfonamides is 1. The summed E-state index contributed by atoms with van der Waals surface area (Å²) in [5.41, 5.74) is 2.05. The maximum atomic E-state index is 12.4. The van der Waals surface area contributed by atoms with Crippen molar-refractivity contribution in [3.63, 3.8) is 0 Å². The molecular weight excluding hydrogens is 382 g/mol. The Morgan fingerprint density at radius 1 is 1.07 bits per heavy atom. The van der Waals surface area contributed by atoms with Gasteiger partial charge in [-0.1, -0.05) is 43.3 Å². The zero-order valence-corrected chi connectivity index (χ0v) is 17.0. The molecular formula is C19H21N3O3S2. The van der Waals surface area contributed by atoms with E-state index in [1.54, 1.807) is 36.0 Å². The predicted molar refractivity (Wildman–Crippen MR) is 106 cm³/mol. The molecule has 1 N–H and O–H groups in total. The highest BCUT2D eigenvalue weighted by Crippen LogP contribution is 2.21. The molecule has 2 aromatic carbocycles. The molecule has 0 amide bonds. The van der Waals surface area contributed by atoms with Crippen LogP contribution in [0, 0.1) is 0 Å². The second kappa shape index (κ2) is 8.24. The third-order valence-corrected chi connectivity index (χ3v) is 6.25. The molecule has 0 saturated heterocycles. The Balaban J connectivity index is 1.68. The monoisotopic (exact) mass is 403 g/mol. The predicted octanol–water partition coefficient (Wildman–Crippen LogP) is 4.06. The van der Waals surface area contributed by atoms with E-state index in [0.29, 0.717) is 11.7 Å². The summed E-state index contributed by atoms with van der Waals surface area (Å²) in [4.78, 5) is 5.47. The summed E-state index contributed by atoms with van der Waals surface area (Å²) in [7, 11) is -3.64. The van der Waals surface area contributed by atoms with Crippen molar-refractivity contribution in [2.45, 2.75) is 36.1 Å². The standard InChI is InChI=1S/C19H21N3O3S2/c1-13(2)14-4-6-15(7-5-14)19-21-18(25-22-19)12-20-27(23,24)17-10-8-16(26-3)9-11-17/h4-11,13,20H,12H2,1-3H3. The van der Waals surface area contributed by atoms with E-state index >= 15 is 0 Å². The van der Waals surface area contributed by atoms with Crippen LogP contribution in [0.1, 0.15) is 31.2 Å². The maximum absolute atomic E-state index is 12.4. The maximum Gasteiger partial charge on any atom is 0.242 e. The van der Waals surface area contributed by atoms with Crippen LogP contribution in [0.5, 0.6) is 0 Å². The van der Waals surface area contributed by atoms with Gasteiger partial charge in [0.15, 0.2) is 0 Å². The highest BCUT2D eigenvalue weighted by molar-refractivity contribution is 7.98. The van der Waals surface area contributed by atoms with Crippen LogP contribution in [0.25, 0.3) is 11.4 Å². The van der Waals surface area contributed by atoms with Crippen LogP contribution in [0.3, 0.4) is 0 Å². The van der Waals surface area contributed by atoms with Crippen molar-refractivity contribution in [2.24, 2.45) is 0 Å². The smallest absolute Gasteiger partial charge is 0.242 e. The Kier molecular flexibility index (Phi) is 5.98. The van der Waals surface area contributed by atoms with E-state index in [0.717, 1.165) is 10.5 Å². The molecule has 0 spiro atoms. The van der Waals surface area contributed by atoms with Crippen LogP contribution in [0.2, 0.25) is 0 Å². The molecule has 8 heteroatoms. The molecule has 0 aliphatic rings. The van der Waals surface area contributed by atoms with Crippen LogP contribution < -0.4 is 4.72 Å². The topological polar surface area (TPSA) is 85.1 Å². The second-order valence-electron chi connectivity index (χ2n) is 6.29. The molecule has 27 heavy (non-hydrogen) atoms. The van der Waals surface area contributed by atoms with Crippen LogP contribution >= 0.6 is 11.8 Å². The Morgan fingerprint density at radius 3 is 2.33 bits per heavy atom. The van der Waals surface area contributed by atoms with Crippen molar-refractivity contribution < 1.29 is 12.9 Å². The van der Waals surface area contributed by atoms with Gasteiger partial charge in [-0.3, -0.25) is 0 Å². The molecule has 3 aromatic rings. The first-order valence-corrected chi connectivity index (χ1v) is 11.2. The number of hydrogen-bond acceptors (Lipinski definition) is 6. The summed E-state index contributed by atoms with van der Waals surface area (Å²) in [5, 5.41) is 3.93. The minimum atomic E-state index is -3.64. The summed E-state index contributed by atoms with van der Waals surface area (Å²) in [6.45, 7) is 4.19. The molecule has 1 heterocycles. The lowest BCUT2D eigenvalue weighted by Crippen LogP contribution is -2.23. The van der Waals surface area contributed by atoms with E-state index in [2.05, 4.69) is 28.7 Å². The molecule has 6 nitrogen and oxygen atoms in total. The van der Waals surface area contributed by atoms with Gasteiger partial charge in [0.25, 0.3) is 0 Å². The molecule has 3 rings (SSSR count).